The van der Waals surface area contributed by atoms with Crippen LogP contribution in [0.2, 0.25) is 0 Å². The molecule has 0 aliphatic heterocycles. The quantitative estimate of drug-likeness (QED) is 0.352. The monoisotopic (exact) mass is 226 g/mol. The second-order valence-corrected chi connectivity index (χ2v) is 4.37. The number of hydrogen-bond acceptors (Lipinski definition) is 2. The van der Waals surface area contributed by atoms with E-state index in [0.717, 1.165) is 19.1 Å². The molecule has 0 heterocycles. The minimum Gasteiger partial charge on any atom is -0.388 e. The van der Waals surface area contributed by atoms with Crippen LogP contribution in [0.4, 0.5) is 0 Å². The van der Waals surface area contributed by atoms with Crippen molar-refractivity contribution < 1.29 is 9.90 Å². The van der Waals surface area contributed by atoms with E-state index in [4.69, 9.17) is 0 Å². The SMILES string of the molecule is C/C=C/[C@H](O)[C@H](C=O)CCCCCCCC. The van der Waals surface area contributed by atoms with Crippen molar-refractivity contribution in [2.24, 2.45) is 5.92 Å². The summed E-state index contributed by atoms with van der Waals surface area (Å²) in [7, 11) is 0. The van der Waals surface area contributed by atoms with Crippen molar-refractivity contribution in [3.8, 4) is 0 Å². The Labute approximate surface area is 99.7 Å². The summed E-state index contributed by atoms with van der Waals surface area (Å²) >= 11 is 0. The van der Waals surface area contributed by atoms with E-state index < -0.39 is 6.10 Å². The molecule has 0 bridgehead atoms. The predicted molar refractivity (Wildman–Crippen MR) is 68.4 cm³/mol. The van der Waals surface area contributed by atoms with Crippen LogP contribution in [-0.4, -0.2) is 17.5 Å². The van der Waals surface area contributed by atoms with E-state index in [9.17, 15) is 9.90 Å². The van der Waals surface area contributed by atoms with Crippen molar-refractivity contribution in [2.45, 2.75) is 64.9 Å². The van der Waals surface area contributed by atoms with Crippen LogP contribution in [0.5, 0.6) is 0 Å². The Morgan fingerprint density at radius 3 is 2.31 bits per heavy atom. The number of aliphatic hydroxyl groups excluding tert-OH is 1. The lowest BCUT2D eigenvalue weighted by atomic mass is 9.96. The summed E-state index contributed by atoms with van der Waals surface area (Å²) in [5.41, 5.74) is 0. The number of hydrogen-bond donors (Lipinski definition) is 1. The maximum Gasteiger partial charge on any atom is 0.125 e. The molecular formula is C14H26O2. The van der Waals surface area contributed by atoms with Crippen LogP contribution < -0.4 is 0 Å². The summed E-state index contributed by atoms with van der Waals surface area (Å²) in [6, 6.07) is 0. The van der Waals surface area contributed by atoms with Gasteiger partial charge in [-0.1, -0.05) is 57.6 Å². The summed E-state index contributed by atoms with van der Waals surface area (Å²) in [6.45, 7) is 4.06. The van der Waals surface area contributed by atoms with Gasteiger partial charge in [-0.3, -0.25) is 0 Å². The highest BCUT2D eigenvalue weighted by Crippen LogP contribution is 2.14. The number of rotatable bonds is 10. The Hall–Kier alpha value is -0.630. The number of aldehydes is 1. The van der Waals surface area contributed by atoms with Crippen LogP contribution in [0.15, 0.2) is 12.2 Å². The van der Waals surface area contributed by atoms with E-state index in [1.165, 1.54) is 32.1 Å². The van der Waals surface area contributed by atoms with E-state index in [1.807, 2.05) is 6.92 Å². The number of carbonyl (C=O) groups is 1. The lowest BCUT2D eigenvalue weighted by Gasteiger charge is -2.13. The van der Waals surface area contributed by atoms with Gasteiger partial charge in [0.15, 0.2) is 0 Å². The minimum atomic E-state index is -0.599. The Kier molecular flexibility index (Phi) is 10.4. The first-order valence-electron chi connectivity index (χ1n) is 6.52. The van der Waals surface area contributed by atoms with Crippen LogP contribution in [0.1, 0.15) is 58.8 Å². The lowest BCUT2D eigenvalue weighted by molar-refractivity contribution is -0.113. The second-order valence-electron chi connectivity index (χ2n) is 4.37. The largest absolute Gasteiger partial charge is 0.388 e. The molecule has 0 aromatic rings. The molecule has 0 spiro atoms. The van der Waals surface area contributed by atoms with E-state index in [1.54, 1.807) is 12.2 Å². The van der Waals surface area contributed by atoms with Crippen molar-refractivity contribution >= 4 is 6.29 Å². The van der Waals surface area contributed by atoms with Gasteiger partial charge >= 0.3 is 0 Å². The third-order valence-corrected chi connectivity index (χ3v) is 2.89. The summed E-state index contributed by atoms with van der Waals surface area (Å²) in [4.78, 5) is 10.8. The van der Waals surface area contributed by atoms with Gasteiger partial charge in [0.2, 0.25) is 0 Å². The molecule has 0 rings (SSSR count). The fraction of sp³-hybridized carbons (Fsp3) is 0.786. The van der Waals surface area contributed by atoms with Gasteiger partial charge in [-0.05, 0) is 13.3 Å². The third-order valence-electron chi connectivity index (χ3n) is 2.89. The third kappa shape index (κ3) is 7.63. The van der Waals surface area contributed by atoms with Gasteiger partial charge in [-0.15, -0.1) is 0 Å². The highest BCUT2D eigenvalue weighted by molar-refractivity contribution is 5.55. The molecule has 0 amide bonds. The van der Waals surface area contributed by atoms with Crippen LogP contribution in [0, 0.1) is 5.92 Å². The topological polar surface area (TPSA) is 37.3 Å². The van der Waals surface area contributed by atoms with Crippen molar-refractivity contribution in [2.75, 3.05) is 0 Å². The molecule has 0 saturated carbocycles. The maximum atomic E-state index is 10.8. The van der Waals surface area contributed by atoms with Gasteiger partial charge in [0.25, 0.3) is 0 Å². The molecule has 94 valence electrons. The molecule has 0 fully saturated rings. The molecule has 0 aliphatic carbocycles. The summed E-state index contributed by atoms with van der Waals surface area (Å²) < 4.78 is 0. The summed E-state index contributed by atoms with van der Waals surface area (Å²) in [6.07, 6.45) is 11.9. The molecule has 0 unspecified atom stereocenters. The molecule has 0 aliphatic rings. The standard InChI is InChI=1S/C14H26O2/c1-3-5-6-7-8-9-11-13(12-15)14(16)10-4-2/h4,10,12-14,16H,3,5-9,11H2,1-2H3/b10-4+/t13-,14-/m0/s1. The maximum absolute atomic E-state index is 10.8. The van der Waals surface area contributed by atoms with Crippen LogP contribution in [0.25, 0.3) is 0 Å². The van der Waals surface area contributed by atoms with Gasteiger partial charge < -0.3 is 9.90 Å². The first kappa shape index (κ1) is 15.4. The van der Waals surface area contributed by atoms with Gasteiger partial charge in [0, 0.05) is 5.92 Å². The normalized spacial score (nSPS) is 15.2. The van der Waals surface area contributed by atoms with Gasteiger partial charge in [-0.25, -0.2) is 0 Å². The molecule has 16 heavy (non-hydrogen) atoms. The van der Waals surface area contributed by atoms with Crippen LogP contribution in [0.3, 0.4) is 0 Å². The Bertz CT molecular complexity index is 187. The zero-order valence-electron chi connectivity index (χ0n) is 10.7. The van der Waals surface area contributed by atoms with E-state index >= 15 is 0 Å². The van der Waals surface area contributed by atoms with Crippen LogP contribution >= 0.6 is 0 Å². The first-order chi connectivity index (χ1) is 7.76. The molecular weight excluding hydrogens is 200 g/mol. The molecule has 1 N–H and O–H groups in total. The average Bonchev–Trinajstić information content (AvgIpc) is 2.28. The molecule has 0 aromatic carbocycles. The smallest absolute Gasteiger partial charge is 0.125 e. The van der Waals surface area contributed by atoms with E-state index in [0.29, 0.717) is 0 Å². The van der Waals surface area contributed by atoms with Crippen molar-refractivity contribution in [1.82, 2.24) is 0 Å². The predicted octanol–water partition coefficient (Wildman–Crippen LogP) is 3.49. The number of unbranched alkanes of at least 4 members (excludes halogenated alkanes) is 5. The van der Waals surface area contributed by atoms with Crippen LogP contribution in [-0.2, 0) is 4.79 Å². The van der Waals surface area contributed by atoms with Gasteiger partial charge in [0.05, 0.1) is 6.10 Å². The Balaban J connectivity index is 3.59. The Morgan fingerprint density at radius 1 is 1.12 bits per heavy atom. The first-order valence-corrected chi connectivity index (χ1v) is 6.52. The van der Waals surface area contributed by atoms with E-state index in [-0.39, 0.29) is 5.92 Å². The van der Waals surface area contributed by atoms with Crippen molar-refractivity contribution in [3.63, 3.8) is 0 Å². The summed E-state index contributed by atoms with van der Waals surface area (Å²) in [5.74, 6) is -0.220. The fourth-order valence-electron chi connectivity index (χ4n) is 1.82. The molecule has 2 heteroatoms. The molecule has 0 aromatic heterocycles. The fourth-order valence-corrected chi connectivity index (χ4v) is 1.82. The minimum absolute atomic E-state index is 0.220. The lowest BCUT2D eigenvalue weighted by Crippen LogP contribution is -2.19. The zero-order valence-corrected chi connectivity index (χ0v) is 10.7. The molecule has 0 radical (unpaired) electrons. The zero-order chi connectivity index (χ0) is 12.2. The molecule has 2 nitrogen and oxygen atoms in total. The Morgan fingerprint density at radius 2 is 1.75 bits per heavy atom. The van der Waals surface area contributed by atoms with Gasteiger partial charge in [0.1, 0.15) is 6.29 Å². The summed E-state index contributed by atoms with van der Waals surface area (Å²) in [5, 5.41) is 9.63. The molecule has 2 atom stereocenters. The average molecular weight is 226 g/mol. The number of aliphatic hydroxyl groups is 1. The van der Waals surface area contributed by atoms with E-state index in [2.05, 4.69) is 6.92 Å². The highest BCUT2D eigenvalue weighted by atomic mass is 16.3. The van der Waals surface area contributed by atoms with Crippen molar-refractivity contribution in [3.05, 3.63) is 12.2 Å². The number of carbonyl (C=O) groups excluding carboxylic acids is 1. The molecule has 0 saturated heterocycles. The van der Waals surface area contributed by atoms with Gasteiger partial charge in [-0.2, -0.15) is 0 Å². The highest BCUT2D eigenvalue weighted by Gasteiger charge is 2.14. The second kappa shape index (κ2) is 10.9. The van der Waals surface area contributed by atoms with Crippen molar-refractivity contribution in [1.29, 1.82) is 0 Å². The number of allylic oxidation sites excluding steroid dienone is 1.